The maximum Gasteiger partial charge on any atom is 0.435 e. The first kappa shape index (κ1) is 19.4. The average Bonchev–Trinajstić information content (AvgIpc) is 3.01. The molecule has 0 atom stereocenters. The first-order chi connectivity index (χ1) is 13.1. The highest BCUT2D eigenvalue weighted by molar-refractivity contribution is 6.04. The highest BCUT2D eigenvalue weighted by Gasteiger charge is 2.38. The lowest BCUT2D eigenvalue weighted by Crippen LogP contribution is -2.15. The molecule has 1 amide bonds. The molecule has 3 aromatic rings. The summed E-state index contributed by atoms with van der Waals surface area (Å²) in [5.41, 5.74) is -3.87. The van der Waals surface area contributed by atoms with Gasteiger partial charge in [0.15, 0.2) is 23.1 Å². The highest BCUT2D eigenvalue weighted by atomic mass is 19.4. The van der Waals surface area contributed by atoms with Crippen molar-refractivity contribution in [2.24, 2.45) is 7.05 Å². The van der Waals surface area contributed by atoms with Gasteiger partial charge < -0.3 is 5.32 Å². The number of rotatable bonds is 3. The number of anilines is 1. The van der Waals surface area contributed by atoms with Crippen LogP contribution in [0.3, 0.4) is 0 Å². The second-order valence-electron chi connectivity index (χ2n) is 5.66. The van der Waals surface area contributed by atoms with Gasteiger partial charge >= 0.3 is 6.18 Å². The fourth-order valence-electron chi connectivity index (χ4n) is 2.50. The summed E-state index contributed by atoms with van der Waals surface area (Å²) in [7, 11) is 1.20. The molecular formula is C17H10F6N4O. The van der Waals surface area contributed by atoms with Crippen LogP contribution >= 0.6 is 0 Å². The van der Waals surface area contributed by atoms with Gasteiger partial charge in [0.2, 0.25) is 0 Å². The minimum absolute atomic E-state index is 0.467. The van der Waals surface area contributed by atoms with Crippen LogP contribution in [-0.4, -0.2) is 20.7 Å². The Balaban J connectivity index is 1.99. The third-order valence-corrected chi connectivity index (χ3v) is 3.74. The number of nitrogens with one attached hydrogen (secondary N) is 1. The zero-order valence-electron chi connectivity index (χ0n) is 14.0. The predicted octanol–water partition coefficient (Wildman–Crippen LogP) is 4.17. The van der Waals surface area contributed by atoms with Crippen LogP contribution in [0.25, 0.3) is 11.1 Å². The van der Waals surface area contributed by atoms with Crippen LogP contribution in [0.5, 0.6) is 0 Å². The monoisotopic (exact) mass is 400 g/mol. The summed E-state index contributed by atoms with van der Waals surface area (Å²) in [4.78, 5) is 15.5. The van der Waals surface area contributed by atoms with Crippen LogP contribution in [0.1, 0.15) is 16.1 Å². The Labute approximate surface area is 153 Å². The van der Waals surface area contributed by atoms with E-state index >= 15 is 0 Å². The summed E-state index contributed by atoms with van der Waals surface area (Å²) in [6, 6.07) is 2.76. The lowest BCUT2D eigenvalue weighted by molar-refractivity contribution is -0.141. The molecule has 2 aromatic heterocycles. The molecule has 0 aliphatic carbocycles. The molecule has 0 spiro atoms. The number of aryl methyl sites for hydroxylation is 1. The minimum Gasteiger partial charge on any atom is -0.319 e. The summed E-state index contributed by atoms with van der Waals surface area (Å²) >= 11 is 0. The van der Waals surface area contributed by atoms with Crippen LogP contribution in [0, 0.1) is 17.5 Å². The van der Waals surface area contributed by atoms with Crippen LogP contribution in [0.15, 0.2) is 36.8 Å². The highest BCUT2D eigenvalue weighted by Crippen LogP contribution is 2.38. The Morgan fingerprint density at radius 2 is 1.79 bits per heavy atom. The summed E-state index contributed by atoms with van der Waals surface area (Å²) in [6.45, 7) is 0. The van der Waals surface area contributed by atoms with Crippen molar-refractivity contribution in [1.29, 1.82) is 0 Å². The summed E-state index contributed by atoms with van der Waals surface area (Å²) in [6.07, 6.45) is -2.11. The zero-order valence-corrected chi connectivity index (χ0v) is 14.0. The van der Waals surface area contributed by atoms with Gasteiger partial charge in [-0.2, -0.15) is 18.3 Å². The van der Waals surface area contributed by atoms with E-state index in [2.05, 4.69) is 10.1 Å². The molecular weight excluding hydrogens is 390 g/mol. The molecule has 0 aliphatic heterocycles. The quantitative estimate of drug-likeness (QED) is 0.672. The smallest absolute Gasteiger partial charge is 0.319 e. The number of pyridine rings is 1. The molecule has 2 heterocycles. The van der Waals surface area contributed by atoms with Crippen LogP contribution < -0.4 is 5.32 Å². The molecule has 0 fully saturated rings. The molecule has 28 heavy (non-hydrogen) atoms. The molecule has 0 unspecified atom stereocenters. The van der Waals surface area contributed by atoms with Crippen molar-refractivity contribution in [1.82, 2.24) is 14.8 Å². The molecule has 146 valence electrons. The van der Waals surface area contributed by atoms with Gasteiger partial charge in [0.1, 0.15) is 0 Å². The van der Waals surface area contributed by atoms with Gasteiger partial charge in [-0.15, -0.1) is 0 Å². The van der Waals surface area contributed by atoms with Crippen molar-refractivity contribution >= 4 is 11.6 Å². The number of nitrogens with zero attached hydrogens (tertiary/aromatic N) is 3. The first-order valence-corrected chi connectivity index (χ1v) is 7.59. The van der Waals surface area contributed by atoms with E-state index in [1.165, 1.54) is 7.05 Å². The maximum absolute atomic E-state index is 14.4. The molecule has 1 aromatic carbocycles. The van der Waals surface area contributed by atoms with E-state index in [1.807, 2.05) is 5.32 Å². The maximum atomic E-state index is 14.4. The normalized spacial score (nSPS) is 11.5. The van der Waals surface area contributed by atoms with Crippen molar-refractivity contribution in [3.63, 3.8) is 0 Å². The SMILES string of the molecule is Cn1cc(-c2ccc(NC(=O)c3ccncc3F)c(F)c2F)c(C(F)(F)F)n1. The third kappa shape index (κ3) is 3.55. The molecule has 0 radical (unpaired) electrons. The molecule has 11 heteroatoms. The molecule has 3 rings (SSSR count). The van der Waals surface area contributed by atoms with E-state index in [4.69, 9.17) is 0 Å². The number of hydrogen-bond donors (Lipinski definition) is 1. The Morgan fingerprint density at radius 1 is 1.07 bits per heavy atom. The number of carbonyl (C=O) groups is 1. The van der Waals surface area contributed by atoms with E-state index in [0.29, 0.717) is 0 Å². The predicted molar refractivity (Wildman–Crippen MR) is 85.7 cm³/mol. The summed E-state index contributed by atoms with van der Waals surface area (Å²) < 4.78 is 82.4. The number of alkyl halides is 3. The van der Waals surface area contributed by atoms with Gasteiger partial charge in [0.05, 0.1) is 17.4 Å². The Bertz CT molecular complexity index is 1060. The molecule has 1 N–H and O–H groups in total. The third-order valence-electron chi connectivity index (χ3n) is 3.74. The minimum atomic E-state index is -4.88. The standard InChI is InChI=1S/C17H10F6N4O/c1-27-7-10(15(26-27)17(21,22)23)8-2-3-12(14(20)13(8)19)25-16(28)9-4-5-24-6-11(9)18/h2-7H,1H3,(H,25,28). The molecule has 0 aliphatic rings. The van der Waals surface area contributed by atoms with Crippen molar-refractivity contribution in [2.45, 2.75) is 6.18 Å². The topological polar surface area (TPSA) is 59.8 Å². The second-order valence-corrected chi connectivity index (χ2v) is 5.66. The van der Waals surface area contributed by atoms with Crippen molar-refractivity contribution < 1.29 is 31.1 Å². The van der Waals surface area contributed by atoms with E-state index in [-0.39, 0.29) is 0 Å². The van der Waals surface area contributed by atoms with E-state index in [9.17, 15) is 31.1 Å². The number of halogens is 6. The Morgan fingerprint density at radius 3 is 2.43 bits per heavy atom. The van der Waals surface area contributed by atoms with Gasteiger partial charge in [0.25, 0.3) is 5.91 Å². The average molecular weight is 400 g/mol. The first-order valence-electron chi connectivity index (χ1n) is 7.59. The van der Waals surface area contributed by atoms with Gasteiger partial charge in [-0.3, -0.25) is 14.5 Å². The number of aromatic nitrogens is 3. The van der Waals surface area contributed by atoms with E-state index < -0.39 is 57.6 Å². The van der Waals surface area contributed by atoms with Crippen LogP contribution in [-0.2, 0) is 13.2 Å². The fourth-order valence-corrected chi connectivity index (χ4v) is 2.50. The van der Waals surface area contributed by atoms with Crippen molar-refractivity contribution in [2.75, 3.05) is 5.32 Å². The zero-order chi connectivity index (χ0) is 20.6. The van der Waals surface area contributed by atoms with E-state index in [1.54, 1.807) is 0 Å². The van der Waals surface area contributed by atoms with Crippen LogP contribution in [0.4, 0.5) is 32.0 Å². The van der Waals surface area contributed by atoms with Crippen molar-refractivity contribution in [3.05, 3.63) is 65.5 Å². The molecule has 0 saturated heterocycles. The van der Waals surface area contributed by atoms with Gasteiger partial charge in [-0.05, 0) is 18.2 Å². The Hall–Kier alpha value is -3.37. The summed E-state index contributed by atoms with van der Waals surface area (Å²) in [5.74, 6) is -5.28. The number of hydrogen-bond acceptors (Lipinski definition) is 3. The van der Waals surface area contributed by atoms with Crippen molar-refractivity contribution in [3.8, 4) is 11.1 Å². The van der Waals surface area contributed by atoms with Gasteiger partial charge in [-0.25, -0.2) is 13.2 Å². The largest absolute Gasteiger partial charge is 0.435 e. The lowest BCUT2D eigenvalue weighted by atomic mass is 10.0. The second kappa shape index (κ2) is 6.98. The van der Waals surface area contributed by atoms with Gasteiger partial charge in [-0.1, -0.05) is 0 Å². The molecule has 0 bridgehead atoms. The van der Waals surface area contributed by atoms with Crippen LogP contribution in [0.2, 0.25) is 0 Å². The lowest BCUT2D eigenvalue weighted by Gasteiger charge is -2.11. The molecule has 0 saturated carbocycles. The number of benzene rings is 1. The fraction of sp³-hybridized carbons (Fsp3) is 0.118. The number of amides is 1. The van der Waals surface area contributed by atoms with Gasteiger partial charge in [0, 0.05) is 30.6 Å². The summed E-state index contributed by atoms with van der Waals surface area (Å²) in [5, 5.41) is 5.21. The van der Waals surface area contributed by atoms with E-state index in [0.717, 1.165) is 41.5 Å². The molecule has 5 nitrogen and oxygen atoms in total. The number of carbonyl (C=O) groups excluding carboxylic acids is 1. The Kier molecular flexibility index (Phi) is 4.84.